The first-order chi connectivity index (χ1) is 8.51. The highest BCUT2D eigenvalue weighted by Crippen LogP contribution is 2.21. The molecule has 0 aromatic heterocycles. The average molecular weight is 255 g/mol. The molecule has 5 nitrogen and oxygen atoms in total. The molecule has 5 heteroatoms. The number of aliphatic hydroxyl groups excluding tert-OH is 1. The van der Waals surface area contributed by atoms with Crippen molar-refractivity contribution in [1.82, 2.24) is 15.1 Å². The molecule has 2 rings (SSSR count). The maximum Gasteiger partial charge on any atom is 0.242 e. The first-order valence-corrected chi connectivity index (χ1v) is 6.95. The lowest BCUT2D eigenvalue weighted by molar-refractivity contribution is -0.145. The van der Waals surface area contributed by atoms with E-state index in [0.29, 0.717) is 25.9 Å². The van der Waals surface area contributed by atoms with E-state index in [9.17, 15) is 9.90 Å². The summed E-state index contributed by atoms with van der Waals surface area (Å²) in [4.78, 5) is 16.8. The van der Waals surface area contributed by atoms with Crippen molar-refractivity contribution in [3.8, 4) is 0 Å². The van der Waals surface area contributed by atoms with Gasteiger partial charge < -0.3 is 15.3 Å². The molecule has 0 unspecified atom stereocenters. The van der Waals surface area contributed by atoms with E-state index in [-0.39, 0.29) is 12.0 Å². The summed E-state index contributed by atoms with van der Waals surface area (Å²) in [5, 5.41) is 12.8. The predicted octanol–water partition coefficient (Wildman–Crippen LogP) is -0.346. The van der Waals surface area contributed by atoms with Crippen LogP contribution in [0.1, 0.15) is 26.7 Å². The first kappa shape index (κ1) is 13.8. The molecule has 0 spiro atoms. The number of carbonyl (C=O) groups is 1. The van der Waals surface area contributed by atoms with E-state index in [2.05, 4.69) is 10.2 Å². The van der Waals surface area contributed by atoms with Gasteiger partial charge in [0, 0.05) is 39.3 Å². The van der Waals surface area contributed by atoms with E-state index in [1.54, 1.807) is 0 Å². The summed E-state index contributed by atoms with van der Waals surface area (Å²) < 4.78 is 0. The Kier molecular flexibility index (Phi) is 4.25. The smallest absolute Gasteiger partial charge is 0.242 e. The summed E-state index contributed by atoms with van der Waals surface area (Å²) >= 11 is 0. The Hall–Kier alpha value is -0.650. The lowest BCUT2D eigenvalue weighted by Gasteiger charge is -2.43. The molecule has 2 fully saturated rings. The van der Waals surface area contributed by atoms with E-state index in [1.165, 1.54) is 0 Å². The summed E-state index contributed by atoms with van der Waals surface area (Å²) in [5.74, 6) is 0.205. The Morgan fingerprint density at radius 1 is 1.17 bits per heavy atom. The van der Waals surface area contributed by atoms with Crippen LogP contribution in [0.25, 0.3) is 0 Å². The molecule has 0 aliphatic carbocycles. The normalized spacial score (nSPS) is 24.3. The van der Waals surface area contributed by atoms with Gasteiger partial charge in [-0.3, -0.25) is 9.69 Å². The molecule has 0 radical (unpaired) electrons. The molecule has 2 N–H and O–H groups in total. The van der Waals surface area contributed by atoms with E-state index in [1.807, 2.05) is 18.7 Å². The van der Waals surface area contributed by atoms with E-state index < -0.39 is 5.54 Å². The lowest BCUT2D eigenvalue weighted by Crippen LogP contribution is -2.61. The number of nitrogens with zero attached hydrogens (tertiary/aromatic N) is 2. The molecule has 2 aliphatic rings. The molecule has 104 valence electrons. The van der Waals surface area contributed by atoms with Crippen LogP contribution in [0.5, 0.6) is 0 Å². The van der Waals surface area contributed by atoms with Crippen molar-refractivity contribution < 1.29 is 9.90 Å². The van der Waals surface area contributed by atoms with Crippen LogP contribution in [0.4, 0.5) is 0 Å². The van der Waals surface area contributed by atoms with Gasteiger partial charge in [-0.1, -0.05) is 0 Å². The maximum absolute atomic E-state index is 12.6. The molecule has 2 saturated heterocycles. The van der Waals surface area contributed by atoms with Gasteiger partial charge in [-0.25, -0.2) is 0 Å². The number of amides is 1. The van der Waals surface area contributed by atoms with Crippen LogP contribution < -0.4 is 5.32 Å². The number of hydrogen-bond acceptors (Lipinski definition) is 4. The fourth-order valence-corrected chi connectivity index (χ4v) is 2.81. The fraction of sp³-hybridized carbons (Fsp3) is 0.923. The SMILES string of the molecule is CC(C)(C(=O)N1CCC(O)CC1)N1CCNCC1. The maximum atomic E-state index is 12.6. The Bertz CT molecular complexity index is 293. The largest absolute Gasteiger partial charge is 0.393 e. The van der Waals surface area contributed by atoms with Gasteiger partial charge in [-0.15, -0.1) is 0 Å². The van der Waals surface area contributed by atoms with Gasteiger partial charge in [0.1, 0.15) is 0 Å². The number of aliphatic hydroxyl groups is 1. The summed E-state index contributed by atoms with van der Waals surface area (Å²) in [5.41, 5.74) is -0.426. The van der Waals surface area contributed by atoms with Gasteiger partial charge in [-0.2, -0.15) is 0 Å². The first-order valence-electron chi connectivity index (χ1n) is 6.95. The molecule has 0 atom stereocenters. The van der Waals surface area contributed by atoms with E-state index in [0.717, 1.165) is 26.2 Å². The third kappa shape index (κ3) is 2.84. The zero-order valence-corrected chi connectivity index (χ0v) is 11.5. The number of piperidine rings is 1. The molecule has 0 saturated carbocycles. The molecule has 0 aromatic carbocycles. The minimum absolute atomic E-state index is 0.205. The van der Waals surface area contributed by atoms with Gasteiger partial charge in [-0.05, 0) is 26.7 Å². The molecule has 18 heavy (non-hydrogen) atoms. The lowest BCUT2D eigenvalue weighted by atomic mass is 9.97. The third-order valence-corrected chi connectivity index (χ3v) is 4.18. The number of likely N-dealkylation sites (tertiary alicyclic amines) is 1. The average Bonchev–Trinajstić information content (AvgIpc) is 2.40. The van der Waals surface area contributed by atoms with Gasteiger partial charge in [0.15, 0.2) is 0 Å². The van der Waals surface area contributed by atoms with Gasteiger partial charge in [0.2, 0.25) is 5.91 Å². The Morgan fingerprint density at radius 3 is 2.28 bits per heavy atom. The van der Waals surface area contributed by atoms with E-state index >= 15 is 0 Å². The number of hydrogen-bond donors (Lipinski definition) is 2. The van der Waals surface area contributed by atoms with Gasteiger partial charge >= 0.3 is 0 Å². The van der Waals surface area contributed by atoms with Crippen LogP contribution in [0, 0.1) is 0 Å². The summed E-state index contributed by atoms with van der Waals surface area (Å²) in [6.07, 6.45) is 1.20. The van der Waals surface area contributed by atoms with Crippen LogP contribution in [-0.4, -0.2) is 71.7 Å². The monoisotopic (exact) mass is 255 g/mol. The number of carbonyl (C=O) groups excluding carboxylic acids is 1. The molecule has 0 aromatic rings. The summed E-state index contributed by atoms with van der Waals surface area (Å²) in [6, 6.07) is 0. The quantitative estimate of drug-likeness (QED) is 0.708. The van der Waals surface area contributed by atoms with Crippen molar-refractivity contribution in [2.45, 2.75) is 38.3 Å². The van der Waals surface area contributed by atoms with E-state index in [4.69, 9.17) is 0 Å². The van der Waals surface area contributed by atoms with Crippen molar-refractivity contribution in [1.29, 1.82) is 0 Å². The number of piperazine rings is 1. The summed E-state index contributed by atoms with van der Waals surface area (Å²) in [7, 11) is 0. The van der Waals surface area contributed by atoms with Crippen LogP contribution >= 0.6 is 0 Å². The highest BCUT2D eigenvalue weighted by Gasteiger charge is 2.38. The van der Waals surface area contributed by atoms with Crippen molar-refractivity contribution in [3.05, 3.63) is 0 Å². The molecule has 2 heterocycles. The van der Waals surface area contributed by atoms with Crippen molar-refractivity contribution in [2.75, 3.05) is 39.3 Å². The van der Waals surface area contributed by atoms with Crippen LogP contribution in [0.2, 0.25) is 0 Å². The number of nitrogens with one attached hydrogen (secondary N) is 1. The predicted molar refractivity (Wildman–Crippen MR) is 70.3 cm³/mol. The number of rotatable bonds is 2. The second kappa shape index (κ2) is 5.55. The summed E-state index contributed by atoms with van der Waals surface area (Å²) in [6.45, 7) is 9.18. The van der Waals surface area contributed by atoms with Gasteiger partial charge in [0.05, 0.1) is 11.6 Å². The second-order valence-electron chi connectivity index (χ2n) is 5.82. The topological polar surface area (TPSA) is 55.8 Å². The highest BCUT2D eigenvalue weighted by molar-refractivity contribution is 5.85. The minimum atomic E-state index is -0.426. The zero-order chi connectivity index (χ0) is 13.2. The second-order valence-corrected chi connectivity index (χ2v) is 5.82. The van der Waals surface area contributed by atoms with Crippen molar-refractivity contribution >= 4 is 5.91 Å². The molecule has 2 aliphatic heterocycles. The van der Waals surface area contributed by atoms with Crippen LogP contribution in [0.15, 0.2) is 0 Å². The fourth-order valence-electron chi connectivity index (χ4n) is 2.81. The third-order valence-electron chi connectivity index (χ3n) is 4.18. The van der Waals surface area contributed by atoms with Crippen LogP contribution in [0.3, 0.4) is 0 Å². The molecular formula is C13H25N3O2. The molecular weight excluding hydrogens is 230 g/mol. The Morgan fingerprint density at radius 2 is 1.72 bits per heavy atom. The molecule has 0 bridgehead atoms. The minimum Gasteiger partial charge on any atom is -0.393 e. The van der Waals surface area contributed by atoms with Crippen LogP contribution in [-0.2, 0) is 4.79 Å². The van der Waals surface area contributed by atoms with Crippen molar-refractivity contribution in [3.63, 3.8) is 0 Å². The Labute approximate surface area is 109 Å². The molecule has 1 amide bonds. The van der Waals surface area contributed by atoms with Crippen molar-refractivity contribution in [2.24, 2.45) is 0 Å². The highest BCUT2D eigenvalue weighted by atomic mass is 16.3. The zero-order valence-electron chi connectivity index (χ0n) is 11.5. The Balaban J connectivity index is 1.97. The standard InChI is InChI=1S/C13H25N3O2/c1-13(2,16-9-5-14-6-10-16)12(18)15-7-3-11(17)4-8-15/h11,14,17H,3-10H2,1-2H3. The van der Waals surface area contributed by atoms with Gasteiger partial charge in [0.25, 0.3) is 0 Å².